The summed E-state index contributed by atoms with van der Waals surface area (Å²) in [5.74, 6) is 1.77. The van der Waals surface area contributed by atoms with E-state index in [-0.39, 0.29) is 10.9 Å². The lowest BCUT2D eigenvalue weighted by Gasteiger charge is -2.35. The molecule has 0 N–H and O–H groups in total. The van der Waals surface area contributed by atoms with Gasteiger partial charge < -0.3 is 13.8 Å². The Hall–Kier alpha value is -1.78. The van der Waals surface area contributed by atoms with Gasteiger partial charge >= 0.3 is 0 Å². The predicted octanol–water partition coefficient (Wildman–Crippen LogP) is 0.560. The van der Waals surface area contributed by atoms with Gasteiger partial charge in [0.05, 0.1) is 18.9 Å². The number of ether oxygens (including phenoxy) is 1. The van der Waals surface area contributed by atoms with Crippen molar-refractivity contribution < 1.29 is 17.7 Å². The van der Waals surface area contributed by atoms with Crippen molar-refractivity contribution in [1.82, 2.24) is 24.0 Å². The second kappa shape index (κ2) is 6.50. The minimum atomic E-state index is -3.54. The molecule has 1 saturated heterocycles. The van der Waals surface area contributed by atoms with Gasteiger partial charge in [0.2, 0.25) is 5.89 Å². The Morgan fingerprint density at radius 2 is 2.16 bits per heavy atom. The minimum absolute atomic E-state index is 0.0625. The number of aromatic nitrogens is 4. The summed E-state index contributed by atoms with van der Waals surface area (Å²) in [4.78, 5) is 8.28. The van der Waals surface area contributed by atoms with Crippen molar-refractivity contribution in [3.63, 3.8) is 0 Å². The van der Waals surface area contributed by atoms with Gasteiger partial charge in [-0.25, -0.2) is 13.4 Å². The van der Waals surface area contributed by atoms with Crippen LogP contribution < -0.4 is 0 Å². The highest BCUT2D eigenvalue weighted by molar-refractivity contribution is 7.89. The molecule has 3 heterocycles. The smallest absolute Gasteiger partial charge is 0.262 e. The van der Waals surface area contributed by atoms with Crippen LogP contribution in [0.2, 0.25) is 0 Å². The summed E-state index contributed by atoms with van der Waals surface area (Å²) < 4.78 is 38.6. The fourth-order valence-corrected chi connectivity index (χ4v) is 4.17. The summed E-state index contributed by atoms with van der Waals surface area (Å²) in [7, 11) is -1.81. The average molecular weight is 367 g/mol. The van der Waals surface area contributed by atoms with Crippen LogP contribution in [0.15, 0.2) is 22.1 Å². The Kier molecular flexibility index (Phi) is 4.34. The van der Waals surface area contributed by atoms with Gasteiger partial charge in [0.15, 0.2) is 10.9 Å². The Morgan fingerprint density at radius 1 is 1.36 bits per heavy atom. The van der Waals surface area contributed by atoms with Crippen molar-refractivity contribution in [2.45, 2.75) is 30.2 Å². The first kappa shape index (κ1) is 16.7. The molecule has 2 aromatic heterocycles. The van der Waals surface area contributed by atoms with Crippen molar-refractivity contribution in [1.29, 1.82) is 0 Å². The van der Waals surface area contributed by atoms with Gasteiger partial charge in [-0.3, -0.25) is 0 Å². The van der Waals surface area contributed by atoms with Crippen molar-refractivity contribution in [2.24, 2.45) is 13.0 Å². The van der Waals surface area contributed by atoms with Gasteiger partial charge in [0, 0.05) is 39.4 Å². The van der Waals surface area contributed by atoms with E-state index < -0.39 is 10.0 Å². The quantitative estimate of drug-likeness (QED) is 0.628. The summed E-state index contributed by atoms with van der Waals surface area (Å²) in [6.45, 7) is 2.06. The largest absolute Gasteiger partial charge is 0.381 e. The van der Waals surface area contributed by atoms with Crippen LogP contribution in [0, 0.1) is 5.92 Å². The number of nitrogens with zero attached hydrogens (tertiary/aromatic N) is 5. The summed E-state index contributed by atoms with van der Waals surface area (Å²) in [5, 5.41) is 4.01. The predicted molar refractivity (Wildman–Crippen MR) is 86.3 cm³/mol. The maximum absolute atomic E-state index is 12.4. The van der Waals surface area contributed by atoms with E-state index in [2.05, 4.69) is 15.1 Å². The van der Waals surface area contributed by atoms with E-state index in [0.29, 0.717) is 37.8 Å². The standard InChI is InChI=1S/C15H21N5O4S/c1-19-8-14(16-10-19)25(21,22)20-6-12(7-20)15-17-13(18-24-15)4-5-23-9-11-2-3-11/h8,10-12H,2-7,9H2,1H3. The molecule has 0 atom stereocenters. The van der Waals surface area contributed by atoms with Gasteiger partial charge in [0.1, 0.15) is 0 Å². The zero-order chi connectivity index (χ0) is 17.4. The van der Waals surface area contributed by atoms with E-state index in [9.17, 15) is 8.42 Å². The highest BCUT2D eigenvalue weighted by Crippen LogP contribution is 2.31. The number of imidazole rings is 1. The summed E-state index contributed by atoms with van der Waals surface area (Å²) in [5.41, 5.74) is 0. The Bertz CT molecular complexity index is 836. The van der Waals surface area contributed by atoms with Crippen LogP contribution in [-0.2, 0) is 28.2 Å². The molecule has 25 heavy (non-hydrogen) atoms. The summed E-state index contributed by atoms with van der Waals surface area (Å²) in [6, 6.07) is 0. The lowest BCUT2D eigenvalue weighted by Crippen LogP contribution is -2.48. The highest BCUT2D eigenvalue weighted by Gasteiger charge is 2.41. The lowest BCUT2D eigenvalue weighted by molar-refractivity contribution is 0.125. The third-order valence-electron chi connectivity index (χ3n) is 4.49. The van der Waals surface area contributed by atoms with Crippen LogP contribution in [0.25, 0.3) is 0 Å². The summed E-state index contributed by atoms with van der Waals surface area (Å²) in [6.07, 6.45) is 6.12. The van der Waals surface area contributed by atoms with Crippen LogP contribution in [0.5, 0.6) is 0 Å². The molecule has 0 radical (unpaired) electrons. The zero-order valence-corrected chi connectivity index (χ0v) is 14.9. The van der Waals surface area contributed by atoms with Crippen LogP contribution in [0.1, 0.15) is 30.5 Å². The maximum atomic E-state index is 12.4. The molecule has 10 heteroatoms. The first-order valence-corrected chi connectivity index (χ1v) is 9.84. The molecular formula is C15H21N5O4S. The van der Waals surface area contributed by atoms with Crippen LogP contribution in [0.3, 0.4) is 0 Å². The van der Waals surface area contributed by atoms with Crippen LogP contribution in [-0.4, -0.2) is 58.7 Å². The molecule has 0 bridgehead atoms. The van der Waals surface area contributed by atoms with E-state index >= 15 is 0 Å². The zero-order valence-electron chi connectivity index (χ0n) is 14.0. The van der Waals surface area contributed by atoms with Crippen LogP contribution in [0.4, 0.5) is 0 Å². The molecular weight excluding hydrogens is 346 g/mol. The SMILES string of the molecule is Cn1cnc(S(=O)(=O)N2CC(c3nc(CCOCC4CC4)no3)C2)c1. The fraction of sp³-hybridized carbons (Fsp3) is 0.667. The van der Waals surface area contributed by atoms with E-state index in [1.54, 1.807) is 11.6 Å². The van der Waals surface area contributed by atoms with Crippen molar-refractivity contribution in [3.05, 3.63) is 24.2 Å². The third kappa shape index (κ3) is 3.60. The van der Waals surface area contributed by atoms with Crippen molar-refractivity contribution in [2.75, 3.05) is 26.3 Å². The van der Waals surface area contributed by atoms with Gasteiger partial charge in [-0.2, -0.15) is 9.29 Å². The summed E-state index contributed by atoms with van der Waals surface area (Å²) >= 11 is 0. The molecule has 136 valence electrons. The average Bonchev–Trinajstić information content (AvgIpc) is 3.05. The number of hydrogen-bond donors (Lipinski definition) is 0. The minimum Gasteiger partial charge on any atom is -0.381 e. The molecule has 0 amide bonds. The molecule has 0 unspecified atom stereocenters. The molecule has 2 aromatic rings. The van der Waals surface area contributed by atoms with E-state index in [1.807, 2.05) is 0 Å². The topological polar surface area (TPSA) is 103 Å². The number of hydrogen-bond acceptors (Lipinski definition) is 7. The normalized spacial score (nSPS) is 19.2. The Balaban J connectivity index is 1.28. The number of aryl methyl sites for hydroxylation is 1. The van der Waals surface area contributed by atoms with Gasteiger partial charge in [-0.1, -0.05) is 5.16 Å². The first-order valence-electron chi connectivity index (χ1n) is 8.40. The van der Waals surface area contributed by atoms with E-state index in [1.165, 1.54) is 29.7 Å². The van der Waals surface area contributed by atoms with Crippen molar-refractivity contribution in [3.8, 4) is 0 Å². The fourth-order valence-electron chi connectivity index (χ4n) is 2.68. The molecule has 1 saturated carbocycles. The number of rotatable bonds is 8. The highest BCUT2D eigenvalue weighted by atomic mass is 32.2. The molecule has 2 aliphatic rings. The van der Waals surface area contributed by atoms with Crippen molar-refractivity contribution >= 4 is 10.0 Å². The van der Waals surface area contributed by atoms with Gasteiger partial charge in [-0.15, -0.1) is 0 Å². The Morgan fingerprint density at radius 3 is 2.84 bits per heavy atom. The maximum Gasteiger partial charge on any atom is 0.262 e. The molecule has 1 aliphatic heterocycles. The molecule has 4 rings (SSSR count). The number of sulfonamides is 1. The van der Waals surface area contributed by atoms with E-state index in [4.69, 9.17) is 9.26 Å². The molecule has 9 nitrogen and oxygen atoms in total. The molecule has 0 aromatic carbocycles. The van der Waals surface area contributed by atoms with Crippen LogP contribution >= 0.6 is 0 Å². The van der Waals surface area contributed by atoms with E-state index in [0.717, 1.165) is 12.5 Å². The molecule has 2 fully saturated rings. The first-order chi connectivity index (χ1) is 12.0. The second-order valence-corrected chi connectivity index (χ2v) is 8.60. The Labute approximate surface area is 146 Å². The monoisotopic (exact) mass is 367 g/mol. The van der Waals surface area contributed by atoms with Gasteiger partial charge in [-0.05, 0) is 18.8 Å². The molecule has 1 aliphatic carbocycles. The second-order valence-electron chi connectivity index (χ2n) is 6.71. The van der Waals surface area contributed by atoms with Gasteiger partial charge in [0.25, 0.3) is 10.0 Å². The lowest BCUT2D eigenvalue weighted by atomic mass is 10.0. The third-order valence-corrected chi connectivity index (χ3v) is 6.20. The molecule has 0 spiro atoms.